The molecule has 0 bridgehead atoms. The van der Waals surface area contributed by atoms with Crippen LogP contribution in [0, 0.1) is 0 Å². The second kappa shape index (κ2) is 3.81. The van der Waals surface area contributed by atoms with Gasteiger partial charge in [-0.05, 0) is 37.3 Å². The average molecular weight is 204 g/mol. The molecule has 1 aliphatic carbocycles. The van der Waals surface area contributed by atoms with Crippen molar-refractivity contribution in [3.05, 3.63) is 23.4 Å². The van der Waals surface area contributed by atoms with Crippen molar-refractivity contribution in [3.63, 3.8) is 0 Å². The number of ether oxygens (including phenoxy) is 1. The molecule has 0 radical (unpaired) electrons. The van der Waals surface area contributed by atoms with E-state index in [1.807, 2.05) is 0 Å². The van der Waals surface area contributed by atoms with Crippen molar-refractivity contribution < 1.29 is 4.74 Å². The van der Waals surface area contributed by atoms with Gasteiger partial charge in [0.25, 0.3) is 0 Å². The molecular formula is C12H16N2O. The van der Waals surface area contributed by atoms with Crippen LogP contribution in [-0.4, -0.2) is 24.2 Å². The summed E-state index contributed by atoms with van der Waals surface area (Å²) >= 11 is 0. The van der Waals surface area contributed by atoms with Crippen LogP contribution >= 0.6 is 0 Å². The summed E-state index contributed by atoms with van der Waals surface area (Å²) in [6.07, 6.45) is 4.71. The van der Waals surface area contributed by atoms with Crippen molar-refractivity contribution in [2.24, 2.45) is 0 Å². The minimum atomic E-state index is 0.456. The third-order valence-electron chi connectivity index (χ3n) is 3.21. The van der Waals surface area contributed by atoms with Crippen molar-refractivity contribution in [2.75, 3.05) is 18.5 Å². The number of fused-ring (bicyclic) bond motifs is 1. The predicted octanol–water partition coefficient (Wildman–Crippen LogP) is 1.77. The van der Waals surface area contributed by atoms with Gasteiger partial charge >= 0.3 is 0 Å². The summed E-state index contributed by atoms with van der Waals surface area (Å²) in [6, 6.07) is 4.77. The van der Waals surface area contributed by atoms with Crippen LogP contribution in [0.5, 0.6) is 0 Å². The first kappa shape index (κ1) is 9.16. The lowest BCUT2D eigenvalue weighted by molar-refractivity contribution is 0.195. The number of aryl methyl sites for hydroxylation is 2. The molecule has 0 aromatic carbocycles. The van der Waals surface area contributed by atoms with E-state index in [-0.39, 0.29) is 0 Å². The van der Waals surface area contributed by atoms with Gasteiger partial charge in [-0.25, -0.2) is 4.98 Å². The molecule has 1 saturated heterocycles. The molecule has 3 rings (SSSR count). The third-order valence-corrected chi connectivity index (χ3v) is 3.21. The van der Waals surface area contributed by atoms with E-state index in [0.717, 1.165) is 31.9 Å². The van der Waals surface area contributed by atoms with Gasteiger partial charge in [-0.15, -0.1) is 0 Å². The molecule has 15 heavy (non-hydrogen) atoms. The molecule has 2 heterocycles. The minimum Gasteiger partial charge on any atom is -0.379 e. The van der Waals surface area contributed by atoms with Gasteiger partial charge < -0.3 is 10.1 Å². The maximum atomic E-state index is 5.33. The summed E-state index contributed by atoms with van der Waals surface area (Å²) in [5.41, 5.74) is 2.72. The van der Waals surface area contributed by atoms with E-state index >= 15 is 0 Å². The second-order valence-corrected chi connectivity index (χ2v) is 4.36. The first-order chi connectivity index (χ1) is 7.42. The van der Waals surface area contributed by atoms with Crippen molar-refractivity contribution >= 4 is 5.82 Å². The van der Waals surface area contributed by atoms with Crippen LogP contribution in [0.4, 0.5) is 5.82 Å². The molecule has 1 fully saturated rings. The van der Waals surface area contributed by atoms with Crippen LogP contribution in [0.25, 0.3) is 0 Å². The number of nitrogens with zero attached hydrogens (tertiary/aromatic N) is 1. The average Bonchev–Trinajstić information content (AvgIpc) is 2.87. The topological polar surface area (TPSA) is 34.2 Å². The molecule has 3 nitrogen and oxygen atoms in total. The maximum Gasteiger partial charge on any atom is 0.126 e. The van der Waals surface area contributed by atoms with E-state index in [0.29, 0.717) is 6.04 Å². The van der Waals surface area contributed by atoms with Gasteiger partial charge in [0.2, 0.25) is 0 Å². The summed E-state index contributed by atoms with van der Waals surface area (Å²) in [6.45, 7) is 1.70. The molecule has 1 aromatic rings. The quantitative estimate of drug-likeness (QED) is 0.797. The van der Waals surface area contributed by atoms with E-state index in [2.05, 4.69) is 22.4 Å². The normalized spacial score (nSPS) is 24.1. The Hall–Kier alpha value is -1.09. The number of pyridine rings is 1. The summed E-state index contributed by atoms with van der Waals surface area (Å²) in [4.78, 5) is 4.65. The monoisotopic (exact) mass is 204 g/mol. The second-order valence-electron chi connectivity index (χ2n) is 4.36. The van der Waals surface area contributed by atoms with E-state index < -0.39 is 0 Å². The van der Waals surface area contributed by atoms with Crippen LogP contribution in [0.15, 0.2) is 12.1 Å². The fourth-order valence-corrected chi connectivity index (χ4v) is 2.36. The summed E-state index contributed by atoms with van der Waals surface area (Å²) < 4.78 is 5.33. The van der Waals surface area contributed by atoms with Gasteiger partial charge in [0.05, 0.1) is 12.6 Å². The summed E-state index contributed by atoms with van der Waals surface area (Å²) in [5.74, 6) is 1.02. The summed E-state index contributed by atoms with van der Waals surface area (Å²) in [7, 11) is 0. The van der Waals surface area contributed by atoms with Crippen LogP contribution in [0.1, 0.15) is 24.1 Å². The number of aromatic nitrogens is 1. The zero-order valence-corrected chi connectivity index (χ0v) is 8.83. The highest BCUT2D eigenvalue weighted by Crippen LogP contribution is 2.22. The molecule has 1 aromatic heterocycles. The number of hydrogen-bond acceptors (Lipinski definition) is 3. The van der Waals surface area contributed by atoms with Crippen molar-refractivity contribution in [1.29, 1.82) is 0 Å². The van der Waals surface area contributed by atoms with Gasteiger partial charge in [-0.2, -0.15) is 0 Å². The molecular weight excluding hydrogens is 188 g/mol. The van der Waals surface area contributed by atoms with Gasteiger partial charge in [-0.1, -0.05) is 6.07 Å². The molecule has 0 spiro atoms. The van der Waals surface area contributed by atoms with Gasteiger partial charge in [0, 0.05) is 12.3 Å². The Bertz CT molecular complexity index is 359. The molecule has 80 valence electrons. The van der Waals surface area contributed by atoms with E-state index in [4.69, 9.17) is 4.74 Å². The zero-order valence-electron chi connectivity index (χ0n) is 8.83. The lowest BCUT2D eigenvalue weighted by Gasteiger charge is -2.12. The molecule has 1 unspecified atom stereocenters. The van der Waals surface area contributed by atoms with Gasteiger partial charge in [-0.3, -0.25) is 0 Å². The Balaban J connectivity index is 1.75. The van der Waals surface area contributed by atoms with Crippen LogP contribution in [-0.2, 0) is 17.6 Å². The summed E-state index contributed by atoms with van der Waals surface area (Å²) in [5, 5.41) is 3.43. The zero-order chi connectivity index (χ0) is 10.1. The van der Waals surface area contributed by atoms with Gasteiger partial charge in [0.1, 0.15) is 5.82 Å². The highest BCUT2D eigenvalue weighted by molar-refractivity contribution is 5.41. The molecule has 1 atom stereocenters. The van der Waals surface area contributed by atoms with E-state index in [1.165, 1.54) is 24.1 Å². The standard InChI is InChI=1S/C12H16N2O/c1-2-9-4-5-12(14-11(9)3-1)13-10-6-7-15-8-10/h4-5,10H,1-3,6-8H2,(H,13,14). The largest absolute Gasteiger partial charge is 0.379 e. The van der Waals surface area contributed by atoms with E-state index in [9.17, 15) is 0 Å². The minimum absolute atomic E-state index is 0.456. The fourth-order valence-electron chi connectivity index (χ4n) is 2.36. The first-order valence-corrected chi connectivity index (χ1v) is 5.75. The number of rotatable bonds is 2. The third kappa shape index (κ3) is 1.84. The number of anilines is 1. The Morgan fingerprint density at radius 3 is 3.20 bits per heavy atom. The number of nitrogens with one attached hydrogen (secondary N) is 1. The molecule has 0 saturated carbocycles. The Kier molecular flexibility index (Phi) is 2.33. The Labute approximate surface area is 89.9 Å². The van der Waals surface area contributed by atoms with Crippen LogP contribution in [0.2, 0.25) is 0 Å². The molecule has 0 amide bonds. The highest BCUT2D eigenvalue weighted by Gasteiger charge is 2.17. The fraction of sp³-hybridized carbons (Fsp3) is 0.583. The first-order valence-electron chi connectivity index (χ1n) is 5.75. The number of hydrogen-bond donors (Lipinski definition) is 1. The molecule has 1 N–H and O–H groups in total. The smallest absolute Gasteiger partial charge is 0.126 e. The SMILES string of the molecule is c1cc2c(nc1NC1CCOC1)CCC2. The van der Waals surface area contributed by atoms with Crippen LogP contribution < -0.4 is 5.32 Å². The highest BCUT2D eigenvalue weighted by atomic mass is 16.5. The maximum absolute atomic E-state index is 5.33. The Morgan fingerprint density at radius 2 is 2.33 bits per heavy atom. The lowest BCUT2D eigenvalue weighted by atomic mass is 10.2. The lowest BCUT2D eigenvalue weighted by Crippen LogP contribution is -2.19. The predicted molar refractivity (Wildman–Crippen MR) is 59.1 cm³/mol. The molecule has 1 aliphatic heterocycles. The Morgan fingerprint density at radius 1 is 1.33 bits per heavy atom. The van der Waals surface area contributed by atoms with Crippen molar-refractivity contribution in [3.8, 4) is 0 Å². The van der Waals surface area contributed by atoms with Crippen LogP contribution in [0.3, 0.4) is 0 Å². The van der Waals surface area contributed by atoms with Gasteiger partial charge in [0.15, 0.2) is 0 Å². The van der Waals surface area contributed by atoms with Crippen molar-refractivity contribution in [2.45, 2.75) is 31.7 Å². The molecule has 2 aliphatic rings. The van der Waals surface area contributed by atoms with E-state index in [1.54, 1.807) is 0 Å². The van der Waals surface area contributed by atoms with Crippen molar-refractivity contribution in [1.82, 2.24) is 4.98 Å². The molecule has 3 heteroatoms.